The number of ether oxygens (including phenoxy) is 1. The average molecular weight is 315 g/mol. The van der Waals surface area contributed by atoms with Crippen molar-refractivity contribution in [3.05, 3.63) is 0 Å². The second-order valence-electron chi connectivity index (χ2n) is 5.02. The zero-order valence-electron chi connectivity index (χ0n) is 11.7. The second kappa shape index (κ2) is 11.2. The Morgan fingerprint density at radius 1 is 1.30 bits per heavy atom. The highest BCUT2D eigenvalue weighted by atomic mass is 35.5. The first-order valence-corrected chi connectivity index (χ1v) is 6.98. The minimum atomic E-state index is -2.48. The van der Waals surface area contributed by atoms with Crippen LogP contribution in [0.2, 0.25) is 0 Å². The smallest absolute Gasteiger partial charge is 0.261 e. The minimum absolute atomic E-state index is 0. The highest BCUT2D eigenvalue weighted by molar-refractivity contribution is 5.85. The van der Waals surface area contributed by atoms with E-state index in [1.807, 2.05) is 0 Å². The standard InChI is InChI=1S/C13H24F2N2O2.ClH/c14-12(15)9-19-7-6-13(18)17-11(8-16)10-4-2-1-3-5-10;/h10-12H,1-9,16H2,(H,17,18);1H. The van der Waals surface area contributed by atoms with E-state index in [1.165, 1.54) is 19.3 Å². The van der Waals surface area contributed by atoms with Crippen molar-refractivity contribution in [1.82, 2.24) is 5.32 Å². The molecule has 1 aliphatic rings. The van der Waals surface area contributed by atoms with E-state index in [0.29, 0.717) is 12.5 Å². The van der Waals surface area contributed by atoms with Gasteiger partial charge in [-0.15, -0.1) is 12.4 Å². The van der Waals surface area contributed by atoms with Crippen molar-refractivity contribution in [2.75, 3.05) is 19.8 Å². The fourth-order valence-electron chi connectivity index (χ4n) is 2.52. The van der Waals surface area contributed by atoms with Crippen molar-refractivity contribution in [3.63, 3.8) is 0 Å². The van der Waals surface area contributed by atoms with E-state index in [2.05, 4.69) is 10.1 Å². The number of rotatable bonds is 8. The van der Waals surface area contributed by atoms with Crippen LogP contribution >= 0.6 is 12.4 Å². The van der Waals surface area contributed by atoms with Crippen LogP contribution in [0.25, 0.3) is 0 Å². The zero-order valence-corrected chi connectivity index (χ0v) is 12.5. The second-order valence-corrected chi connectivity index (χ2v) is 5.02. The minimum Gasteiger partial charge on any atom is -0.375 e. The van der Waals surface area contributed by atoms with Gasteiger partial charge >= 0.3 is 0 Å². The molecule has 4 nitrogen and oxygen atoms in total. The molecule has 0 aromatic carbocycles. The van der Waals surface area contributed by atoms with Gasteiger partial charge in [-0.25, -0.2) is 8.78 Å². The fourth-order valence-corrected chi connectivity index (χ4v) is 2.52. The van der Waals surface area contributed by atoms with Gasteiger partial charge in [0.1, 0.15) is 6.61 Å². The summed E-state index contributed by atoms with van der Waals surface area (Å²) in [5.74, 6) is 0.278. The monoisotopic (exact) mass is 314 g/mol. The van der Waals surface area contributed by atoms with Crippen molar-refractivity contribution >= 4 is 18.3 Å². The van der Waals surface area contributed by atoms with E-state index in [0.717, 1.165) is 12.8 Å². The zero-order chi connectivity index (χ0) is 14.1. The van der Waals surface area contributed by atoms with Gasteiger partial charge in [-0.3, -0.25) is 4.79 Å². The molecular formula is C13H25ClF2N2O2. The Labute approximate surface area is 125 Å². The first kappa shape index (κ1) is 19.5. The topological polar surface area (TPSA) is 64.3 Å². The number of halogens is 3. The SMILES string of the molecule is Cl.NCC(NC(=O)CCOCC(F)F)C1CCCCC1. The van der Waals surface area contributed by atoms with Crippen LogP contribution in [0.5, 0.6) is 0 Å². The van der Waals surface area contributed by atoms with Crippen LogP contribution in [-0.2, 0) is 9.53 Å². The van der Waals surface area contributed by atoms with E-state index in [1.54, 1.807) is 0 Å². The van der Waals surface area contributed by atoms with Crippen LogP contribution in [0.3, 0.4) is 0 Å². The number of carbonyl (C=O) groups is 1. The predicted molar refractivity (Wildman–Crippen MR) is 76.2 cm³/mol. The number of amides is 1. The third-order valence-electron chi connectivity index (χ3n) is 3.54. The van der Waals surface area contributed by atoms with Gasteiger partial charge in [0.25, 0.3) is 6.43 Å². The molecule has 7 heteroatoms. The number of alkyl halides is 2. The molecule has 3 N–H and O–H groups in total. The van der Waals surface area contributed by atoms with Gasteiger partial charge in [0.05, 0.1) is 6.61 Å². The Kier molecular flexibility index (Phi) is 11.0. The van der Waals surface area contributed by atoms with Crippen LogP contribution in [0.4, 0.5) is 8.78 Å². The molecule has 1 amide bonds. The molecular weight excluding hydrogens is 290 g/mol. The normalized spacial score (nSPS) is 17.6. The molecule has 1 rings (SSSR count). The molecule has 0 saturated heterocycles. The molecule has 120 valence electrons. The number of nitrogens with one attached hydrogen (secondary N) is 1. The molecule has 1 saturated carbocycles. The summed E-state index contributed by atoms with van der Waals surface area (Å²) in [5, 5.41) is 2.89. The van der Waals surface area contributed by atoms with Crippen molar-refractivity contribution in [2.45, 2.75) is 51.0 Å². The third kappa shape index (κ3) is 7.97. The number of nitrogens with two attached hydrogens (primary N) is 1. The van der Waals surface area contributed by atoms with Gasteiger partial charge < -0.3 is 15.8 Å². The van der Waals surface area contributed by atoms with E-state index in [9.17, 15) is 13.6 Å². The largest absolute Gasteiger partial charge is 0.375 e. The van der Waals surface area contributed by atoms with E-state index in [4.69, 9.17) is 5.73 Å². The molecule has 1 aliphatic carbocycles. The molecule has 20 heavy (non-hydrogen) atoms. The van der Waals surface area contributed by atoms with Gasteiger partial charge in [-0.1, -0.05) is 19.3 Å². The fraction of sp³-hybridized carbons (Fsp3) is 0.923. The Morgan fingerprint density at radius 3 is 2.50 bits per heavy atom. The molecule has 0 aromatic heterocycles. The third-order valence-corrected chi connectivity index (χ3v) is 3.54. The summed E-state index contributed by atoms with van der Waals surface area (Å²) in [6.45, 7) is -0.164. The average Bonchev–Trinajstić information content (AvgIpc) is 2.41. The Morgan fingerprint density at radius 2 is 1.95 bits per heavy atom. The first-order valence-electron chi connectivity index (χ1n) is 6.98. The van der Waals surface area contributed by atoms with Gasteiger partial charge in [-0.2, -0.15) is 0 Å². The van der Waals surface area contributed by atoms with Crippen LogP contribution in [0.15, 0.2) is 0 Å². The first-order chi connectivity index (χ1) is 9.13. The van der Waals surface area contributed by atoms with E-state index < -0.39 is 13.0 Å². The molecule has 0 heterocycles. The van der Waals surface area contributed by atoms with E-state index in [-0.39, 0.29) is 37.4 Å². The lowest BCUT2D eigenvalue weighted by molar-refractivity contribution is -0.123. The van der Waals surface area contributed by atoms with Crippen LogP contribution < -0.4 is 11.1 Å². The van der Waals surface area contributed by atoms with E-state index >= 15 is 0 Å². The molecule has 0 spiro atoms. The molecule has 0 aromatic rings. The molecule has 1 unspecified atom stereocenters. The summed E-state index contributed by atoms with van der Waals surface area (Å²) in [7, 11) is 0. The lowest BCUT2D eigenvalue weighted by Crippen LogP contribution is -2.46. The lowest BCUT2D eigenvalue weighted by atomic mass is 9.84. The Bertz CT molecular complexity index is 265. The summed E-state index contributed by atoms with van der Waals surface area (Å²) in [4.78, 5) is 11.7. The number of hydrogen-bond donors (Lipinski definition) is 2. The van der Waals surface area contributed by atoms with Crippen LogP contribution in [0.1, 0.15) is 38.5 Å². The summed E-state index contributed by atoms with van der Waals surface area (Å²) in [5.41, 5.74) is 5.70. The Balaban J connectivity index is 0.00000361. The molecule has 0 aliphatic heterocycles. The summed E-state index contributed by atoms with van der Waals surface area (Å²) < 4.78 is 28.3. The van der Waals surface area contributed by atoms with Gasteiger partial charge in [0.15, 0.2) is 0 Å². The van der Waals surface area contributed by atoms with Crippen molar-refractivity contribution in [3.8, 4) is 0 Å². The maximum Gasteiger partial charge on any atom is 0.261 e. The number of carbonyl (C=O) groups excluding carboxylic acids is 1. The Hall–Kier alpha value is -0.460. The van der Waals surface area contributed by atoms with Crippen molar-refractivity contribution < 1.29 is 18.3 Å². The van der Waals surface area contributed by atoms with Crippen LogP contribution in [0, 0.1) is 5.92 Å². The van der Waals surface area contributed by atoms with Crippen LogP contribution in [-0.4, -0.2) is 38.1 Å². The molecule has 1 atom stereocenters. The quantitative estimate of drug-likeness (QED) is 0.674. The van der Waals surface area contributed by atoms with Gasteiger partial charge in [0, 0.05) is 19.0 Å². The predicted octanol–water partition coefficient (Wildman–Crippen LogP) is 2.10. The lowest BCUT2D eigenvalue weighted by Gasteiger charge is -2.30. The summed E-state index contributed by atoms with van der Waals surface area (Å²) >= 11 is 0. The highest BCUT2D eigenvalue weighted by Gasteiger charge is 2.23. The molecule has 1 fully saturated rings. The summed E-state index contributed by atoms with van der Waals surface area (Å²) in [6, 6.07) is 0.00268. The molecule has 0 radical (unpaired) electrons. The van der Waals surface area contributed by atoms with Gasteiger partial charge in [-0.05, 0) is 18.8 Å². The van der Waals surface area contributed by atoms with Crippen molar-refractivity contribution in [1.29, 1.82) is 0 Å². The maximum atomic E-state index is 11.8. The van der Waals surface area contributed by atoms with Crippen molar-refractivity contribution in [2.24, 2.45) is 11.7 Å². The highest BCUT2D eigenvalue weighted by Crippen LogP contribution is 2.26. The number of hydrogen-bond acceptors (Lipinski definition) is 3. The maximum absolute atomic E-state index is 11.8. The van der Waals surface area contributed by atoms with Gasteiger partial charge in [0.2, 0.25) is 5.91 Å². The summed E-state index contributed by atoms with van der Waals surface area (Å²) in [6.07, 6.45) is 3.46. The molecule has 0 bridgehead atoms.